The molecule has 0 aliphatic carbocycles. The van der Waals surface area contributed by atoms with Crippen LogP contribution in [0.1, 0.15) is 27.2 Å². The van der Waals surface area contributed by atoms with Crippen molar-refractivity contribution in [3.05, 3.63) is 36.0 Å². The minimum Gasteiger partial charge on any atom is -0.458 e. The molecule has 0 amide bonds. The Morgan fingerprint density at radius 2 is 2.14 bits per heavy atom. The molecule has 0 spiro atoms. The summed E-state index contributed by atoms with van der Waals surface area (Å²) in [6.07, 6.45) is 4.32. The van der Waals surface area contributed by atoms with Crippen molar-refractivity contribution in [3.8, 4) is 0 Å². The van der Waals surface area contributed by atoms with Crippen LogP contribution in [0.5, 0.6) is 0 Å². The van der Waals surface area contributed by atoms with Gasteiger partial charge in [0.15, 0.2) is 6.10 Å². The van der Waals surface area contributed by atoms with Crippen molar-refractivity contribution in [3.63, 3.8) is 0 Å². The predicted octanol–water partition coefficient (Wildman–Crippen LogP) is 1.00. The first kappa shape index (κ1) is 21.3. The zero-order valence-corrected chi connectivity index (χ0v) is 17.3. The lowest BCUT2D eigenvalue weighted by molar-refractivity contribution is -0.955. The van der Waals surface area contributed by atoms with Crippen LogP contribution in [0.3, 0.4) is 0 Å². The second kappa shape index (κ2) is 7.11. The SMILES string of the molecule is C=C/C1=C/C(C)C(C)(OC(C)=O)C(=O)OCC2=CC[N+]3(C)CCC(OC1=O)C23O. The van der Waals surface area contributed by atoms with Crippen LogP contribution in [-0.4, -0.2) is 71.7 Å². The normalized spacial score (nSPS) is 41.6. The lowest BCUT2D eigenvalue weighted by Gasteiger charge is -2.40. The third-order valence-corrected chi connectivity index (χ3v) is 6.49. The van der Waals surface area contributed by atoms with E-state index in [1.165, 1.54) is 26.0 Å². The molecule has 1 saturated heterocycles. The van der Waals surface area contributed by atoms with Gasteiger partial charge >= 0.3 is 17.9 Å². The number of nitrogens with zero attached hydrogens (tertiary/aromatic N) is 1. The summed E-state index contributed by atoms with van der Waals surface area (Å²) in [7, 11) is 1.88. The molecule has 0 aromatic carbocycles. The first-order valence-corrected chi connectivity index (χ1v) is 9.66. The maximum atomic E-state index is 12.9. The summed E-state index contributed by atoms with van der Waals surface area (Å²) in [5, 5.41) is 11.5. The average molecular weight is 406 g/mol. The van der Waals surface area contributed by atoms with Gasteiger partial charge in [0.25, 0.3) is 5.72 Å². The largest absolute Gasteiger partial charge is 0.458 e. The lowest BCUT2D eigenvalue weighted by Crippen LogP contribution is -2.61. The molecule has 1 N–H and O–H groups in total. The highest BCUT2D eigenvalue weighted by Crippen LogP contribution is 2.45. The van der Waals surface area contributed by atoms with Crippen molar-refractivity contribution in [2.24, 2.45) is 5.92 Å². The molecule has 158 valence electrons. The lowest BCUT2D eigenvalue weighted by atomic mass is 9.88. The van der Waals surface area contributed by atoms with Crippen molar-refractivity contribution in [2.45, 2.75) is 44.6 Å². The van der Waals surface area contributed by atoms with Crippen molar-refractivity contribution >= 4 is 17.9 Å². The van der Waals surface area contributed by atoms with Crippen LogP contribution in [0.4, 0.5) is 0 Å². The molecule has 0 saturated carbocycles. The molecule has 8 heteroatoms. The number of carbonyl (C=O) groups excluding carboxylic acids is 3. The Morgan fingerprint density at radius 1 is 1.45 bits per heavy atom. The summed E-state index contributed by atoms with van der Waals surface area (Å²) >= 11 is 0. The van der Waals surface area contributed by atoms with E-state index in [9.17, 15) is 19.5 Å². The summed E-state index contributed by atoms with van der Waals surface area (Å²) in [6, 6.07) is 0. The van der Waals surface area contributed by atoms with Gasteiger partial charge in [-0.05, 0) is 13.0 Å². The van der Waals surface area contributed by atoms with Crippen molar-refractivity contribution in [1.82, 2.24) is 0 Å². The minimum absolute atomic E-state index is 0.123. The van der Waals surface area contributed by atoms with Gasteiger partial charge in [-0.15, -0.1) is 0 Å². The molecule has 29 heavy (non-hydrogen) atoms. The van der Waals surface area contributed by atoms with E-state index >= 15 is 0 Å². The smallest absolute Gasteiger partial charge is 0.351 e. The van der Waals surface area contributed by atoms with E-state index in [4.69, 9.17) is 14.2 Å². The minimum atomic E-state index is -1.66. The van der Waals surface area contributed by atoms with Gasteiger partial charge in [-0.3, -0.25) is 9.28 Å². The number of esters is 3. The number of ether oxygens (including phenoxy) is 3. The number of hydrogen-bond acceptors (Lipinski definition) is 7. The monoisotopic (exact) mass is 406 g/mol. The van der Waals surface area contributed by atoms with Crippen molar-refractivity contribution in [1.29, 1.82) is 0 Å². The quantitative estimate of drug-likeness (QED) is 0.316. The van der Waals surface area contributed by atoms with Gasteiger partial charge in [-0.2, -0.15) is 0 Å². The van der Waals surface area contributed by atoms with E-state index < -0.39 is 41.3 Å². The number of rotatable bonds is 2. The molecule has 0 aromatic rings. The molecule has 3 aliphatic heterocycles. The van der Waals surface area contributed by atoms with E-state index in [0.717, 1.165) is 0 Å². The van der Waals surface area contributed by atoms with Gasteiger partial charge < -0.3 is 19.3 Å². The van der Waals surface area contributed by atoms with Gasteiger partial charge in [-0.25, -0.2) is 9.59 Å². The van der Waals surface area contributed by atoms with Gasteiger partial charge in [0.2, 0.25) is 5.60 Å². The van der Waals surface area contributed by atoms with Gasteiger partial charge in [-0.1, -0.05) is 25.7 Å². The number of likely N-dealkylation sites (N-methyl/N-ethyl adjacent to an activating group) is 1. The van der Waals surface area contributed by atoms with E-state index in [1.807, 2.05) is 13.1 Å². The molecular weight excluding hydrogens is 378 g/mol. The number of cyclic esters (lactones) is 1. The Labute approximate surface area is 170 Å². The molecule has 3 aliphatic rings. The van der Waals surface area contributed by atoms with Crippen molar-refractivity contribution in [2.75, 3.05) is 26.7 Å². The third kappa shape index (κ3) is 3.20. The average Bonchev–Trinajstić information content (AvgIpc) is 3.04. The molecule has 0 aromatic heterocycles. The van der Waals surface area contributed by atoms with E-state index in [2.05, 4.69) is 6.58 Å². The Hall–Kier alpha value is -2.45. The molecule has 1 fully saturated rings. The molecular formula is C21H28NO7+. The number of hydrogen-bond donors (Lipinski definition) is 1. The molecule has 0 bridgehead atoms. The topological polar surface area (TPSA) is 99.1 Å². The fourth-order valence-corrected chi connectivity index (χ4v) is 4.42. The first-order chi connectivity index (χ1) is 13.5. The van der Waals surface area contributed by atoms with Crippen LogP contribution in [0.25, 0.3) is 0 Å². The molecule has 5 atom stereocenters. The van der Waals surface area contributed by atoms with Gasteiger partial charge in [0, 0.05) is 19.3 Å². The zero-order chi connectivity index (χ0) is 21.6. The van der Waals surface area contributed by atoms with Crippen LogP contribution < -0.4 is 0 Å². The summed E-state index contributed by atoms with van der Waals surface area (Å²) in [5.41, 5.74) is -2.54. The molecule has 3 heterocycles. The second-order valence-electron chi connectivity index (χ2n) is 8.33. The maximum Gasteiger partial charge on any atom is 0.351 e. The van der Waals surface area contributed by atoms with Crippen LogP contribution in [0.2, 0.25) is 0 Å². The summed E-state index contributed by atoms with van der Waals surface area (Å²) in [6.45, 7) is 8.88. The number of carbonyl (C=O) groups is 3. The zero-order valence-electron chi connectivity index (χ0n) is 17.3. The standard InChI is InChI=1S/C21H28NO7/c1-6-15-11-13(2)20(4,29-14(3)23)19(25)27-12-16-7-9-22(5)10-8-17(21(16,22)26)28-18(15)24/h6-7,11,13,17,26H,1,8-10,12H2,2-5H3/q+1/b15-11-. The maximum absolute atomic E-state index is 12.9. The summed E-state index contributed by atoms with van der Waals surface area (Å²) in [5.74, 6) is -2.75. The van der Waals surface area contributed by atoms with Crippen LogP contribution in [-0.2, 0) is 28.6 Å². The first-order valence-electron chi connectivity index (χ1n) is 9.66. The Bertz CT molecular complexity index is 831. The van der Waals surface area contributed by atoms with Crippen LogP contribution >= 0.6 is 0 Å². The highest BCUT2D eigenvalue weighted by molar-refractivity contribution is 5.92. The van der Waals surface area contributed by atoms with Gasteiger partial charge in [0.05, 0.1) is 24.7 Å². The molecule has 0 radical (unpaired) electrons. The van der Waals surface area contributed by atoms with Gasteiger partial charge in [0.1, 0.15) is 13.2 Å². The van der Waals surface area contributed by atoms with Crippen LogP contribution in [0, 0.1) is 5.92 Å². The van der Waals surface area contributed by atoms with E-state index in [1.54, 1.807) is 6.92 Å². The molecule has 5 unspecified atom stereocenters. The second-order valence-corrected chi connectivity index (χ2v) is 8.33. The Morgan fingerprint density at radius 3 is 2.76 bits per heavy atom. The van der Waals surface area contributed by atoms with E-state index in [-0.39, 0.29) is 16.7 Å². The fraction of sp³-hybridized carbons (Fsp3) is 0.571. The Kier molecular flexibility index (Phi) is 5.21. The molecule has 3 rings (SSSR count). The van der Waals surface area contributed by atoms with E-state index in [0.29, 0.717) is 25.1 Å². The molecule has 8 nitrogen and oxygen atoms in total. The number of aliphatic hydroxyl groups is 1. The van der Waals surface area contributed by atoms with Crippen molar-refractivity contribution < 1.29 is 38.2 Å². The summed E-state index contributed by atoms with van der Waals surface area (Å²) < 4.78 is 16.8. The Balaban J connectivity index is 2.08. The predicted molar refractivity (Wildman–Crippen MR) is 102 cm³/mol. The van der Waals surface area contributed by atoms with Crippen LogP contribution in [0.15, 0.2) is 36.0 Å². The highest BCUT2D eigenvalue weighted by Gasteiger charge is 2.65. The summed E-state index contributed by atoms with van der Waals surface area (Å²) in [4.78, 5) is 37.4. The fourth-order valence-electron chi connectivity index (χ4n) is 4.42. The highest BCUT2D eigenvalue weighted by atomic mass is 16.6. The third-order valence-electron chi connectivity index (χ3n) is 6.49. The number of quaternary nitrogens is 1.